The minimum absolute atomic E-state index is 0.157. The molecule has 1 heterocycles. The van der Waals surface area contributed by atoms with Gasteiger partial charge in [0.1, 0.15) is 5.75 Å². The van der Waals surface area contributed by atoms with E-state index in [0.717, 1.165) is 5.56 Å². The summed E-state index contributed by atoms with van der Waals surface area (Å²) in [6.45, 7) is 0. The Hall–Kier alpha value is -3.57. The van der Waals surface area contributed by atoms with E-state index in [1.807, 2.05) is 60.7 Å². The van der Waals surface area contributed by atoms with E-state index in [2.05, 4.69) is 10.5 Å². The maximum Gasteiger partial charge on any atom is 0.277 e. The normalized spacial score (nSPS) is 10.5. The smallest absolute Gasteiger partial charge is 0.277 e. The summed E-state index contributed by atoms with van der Waals surface area (Å²) in [5.74, 6) is 1.20. The number of ether oxygens (including phenoxy) is 1. The molecule has 0 aliphatic heterocycles. The molecule has 0 radical (unpaired) electrons. The maximum atomic E-state index is 12.6. The lowest BCUT2D eigenvalue weighted by Crippen LogP contribution is -2.12. The molecule has 5 nitrogen and oxygen atoms in total. The minimum Gasteiger partial charge on any atom is -0.455 e. The molecule has 0 aliphatic rings. The van der Waals surface area contributed by atoms with Crippen molar-refractivity contribution in [1.82, 2.24) is 5.16 Å². The molecular formula is C22H15ClN2O3. The van der Waals surface area contributed by atoms with Crippen LogP contribution in [0.1, 0.15) is 10.5 Å². The zero-order valence-corrected chi connectivity index (χ0v) is 15.4. The summed E-state index contributed by atoms with van der Waals surface area (Å²) in [6, 6.07) is 25.3. The number of nitrogens with one attached hydrogen (secondary N) is 1. The number of carbonyl (C=O) groups excluding carboxylic acids is 1. The minimum atomic E-state index is -0.425. The van der Waals surface area contributed by atoms with Gasteiger partial charge in [0.25, 0.3) is 5.91 Å². The van der Waals surface area contributed by atoms with Crippen LogP contribution in [0.25, 0.3) is 11.3 Å². The maximum absolute atomic E-state index is 12.6. The second-order valence-corrected chi connectivity index (χ2v) is 6.39. The van der Waals surface area contributed by atoms with Gasteiger partial charge in [0.15, 0.2) is 17.2 Å². The van der Waals surface area contributed by atoms with Gasteiger partial charge in [0.05, 0.1) is 5.69 Å². The van der Waals surface area contributed by atoms with Gasteiger partial charge in [-0.1, -0.05) is 65.3 Å². The molecule has 4 aromatic rings. The number of para-hydroxylation sites is 1. The van der Waals surface area contributed by atoms with Crippen LogP contribution in [-0.4, -0.2) is 11.1 Å². The number of amides is 1. The molecule has 0 spiro atoms. The fourth-order valence-electron chi connectivity index (χ4n) is 2.61. The molecule has 1 amide bonds. The number of rotatable bonds is 5. The molecule has 0 aliphatic carbocycles. The SMILES string of the molecule is O=C(Nc1cc(Cl)ccc1Oc1ccccc1)c1cc(-c2ccccc2)on1. The molecule has 0 unspecified atom stereocenters. The average molecular weight is 391 g/mol. The molecule has 0 saturated heterocycles. The summed E-state index contributed by atoms with van der Waals surface area (Å²) in [4.78, 5) is 12.6. The van der Waals surface area contributed by atoms with Crippen molar-refractivity contribution in [3.63, 3.8) is 0 Å². The quantitative estimate of drug-likeness (QED) is 0.451. The summed E-state index contributed by atoms with van der Waals surface area (Å²) < 4.78 is 11.1. The molecule has 138 valence electrons. The summed E-state index contributed by atoms with van der Waals surface area (Å²) in [5.41, 5.74) is 1.43. The second-order valence-electron chi connectivity index (χ2n) is 5.95. The fourth-order valence-corrected chi connectivity index (χ4v) is 2.78. The highest BCUT2D eigenvalue weighted by molar-refractivity contribution is 6.31. The van der Waals surface area contributed by atoms with Crippen molar-refractivity contribution < 1.29 is 14.1 Å². The third-order valence-electron chi connectivity index (χ3n) is 3.96. The van der Waals surface area contributed by atoms with Crippen LogP contribution in [0.2, 0.25) is 5.02 Å². The van der Waals surface area contributed by atoms with E-state index in [4.69, 9.17) is 20.9 Å². The van der Waals surface area contributed by atoms with Gasteiger partial charge in [-0.05, 0) is 30.3 Å². The molecule has 3 aromatic carbocycles. The van der Waals surface area contributed by atoms with Crippen LogP contribution in [0.15, 0.2) is 89.5 Å². The number of benzene rings is 3. The van der Waals surface area contributed by atoms with Crippen LogP contribution in [0.4, 0.5) is 5.69 Å². The Bertz CT molecular complexity index is 1100. The molecule has 0 bridgehead atoms. The Morgan fingerprint density at radius 3 is 2.39 bits per heavy atom. The van der Waals surface area contributed by atoms with Gasteiger partial charge in [-0.25, -0.2) is 0 Å². The Morgan fingerprint density at radius 1 is 0.929 bits per heavy atom. The highest BCUT2D eigenvalue weighted by atomic mass is 35.5. The predicted molar refractivity (Wildman–Crippen MR) is 108 cm³/mol. The van der Waals surface area contributed by atoms with Crippen molar-refractivity contribution in [2.75, 3.05) is 5.32 Å². The molecule has 0 atom stereocenters. The lowest BCUT2D eigenvalue weighted by Gasteiger charge is -2.12. The van der Waals surface area contributed by atoms with E-state index < -0.39 is 5.91 Å². The first-order chi connectivity index (χ1) is 13.7. The van der Waals surface area contributed by atoms with Crippen LogP contribution < -0.4 is 10.1 Å². The Morgan fingerprint density at radius 2 is 1.64 bits per heavy atom. The molecule has 6 heteroatoms. The summed E-state index contributed by atoms with van der Waals surface area (Å²) in [7, 11) is 0. The number of carbonyl (C=O) groups is 1. The first-order valence-electron chi connectivity index (χ1n) is 8.55. The van der Waals surface area contributed by atoms with Gasteiger partial charge in [-0.3, -0.25) is 4.79 Å². The molecule has 1 N–H and O–H groups in total. The van der Waals surface area contributed by atoms with Gasteiger partial charge in [0, 0.05) is 16.7 Å². The monoisotopic (exact) mass is 390 g/mol. The van der Waals surface area contributed by atoms with E-state index in [1.165, 1.54) is 0 Å². The van der Waals surface area contributed by atoms with E-state index >= 15 is 0 Å². The van der Waals surface area contributed by atoms with Crippen molar-refractivity contribution >= 4 is 23.2 Å². The Labute approximate surface area is 166 Å². The van der Waals surface area contributed by atoms with Crippen LogP contribution in [-0.2, 0) is 0 Å². The third kappa shape index (κ3) is 4.05. The molecule has 1 aromatic heterocycles. The van der Waals surface area contributed by atoms with E-state index in [-0.39, 0.29) is 5.69 Å². The van der Waals surface area contributed by atoms with Crippen molar-refractivity contribution in [3.05, 3.63) is 95.6 Å². The zero-order chi connectivity index (χ0) is 19.3. The van der Waals surface area contributed by atoms with Crippen molar-refractivity contribution in [2.24, 2.45) is 0 Å². The Kier molecular flexibility index (Phi) is 5.08. The van der Waals surface area contributed by atoms with E-state index in [1.54, 1.807) is 24.3 Å². The van der Waals surface area contributed by atoms with Crippen LogP contribution in [0.3, 0.4) is 0 Å². The summed E-state index contributed by atoms with van der Waals surface area (Å²) >= 11 is 6.09. The predicted octanol–water partition coefficient (Wildman–Crippen LogP) is 6.04. The Balaban J connectivity index is 1.56. The number of nitrogens with zero attached hydrogens (tertiary/aromatic N) is 1. The van der Waals surface area contributed by atoms with Crippen LogP contribution >= 0.6 is 11.6 Å². The summed E-state index contributed by atoms with van der Waals surface area (Å²) in [5, 5.41) is 7.12. The molecule has 0 saturated carbocycles. The fraction of sp³-hybridized carbons (Fsp3) is 0. The number of aromatic nitrogens is 1. The molecule has 4 rings (SSSR count). The van der Waals surface area contributed by atoms with Gasteiger partial charge in [0.2, 0.25) is 0 Å². The number of anilines is 1. The molecule has 0 fully saturated rings. The zero-order valence-electron chi connectivity index (χ0n) is 14.6. The van der Waals surface area contributed by atoms with E-state index in [0.29, 0.717) is 28.0 Å². The largest absolute Gasteiger partial charge is 0.455 e. The second kappa shape index (κ2) is 7.98. The lowest BCUT2D eigenvalue weighted by molar-refractivity contribution is 0.101. The average Bonchev–Trinajstić information content (AvgIpc) is 3.22. The highest BCUT2D eigenvalue weighted by Crippen LogP contribution is 2.32. The standard InChI is InChI=1S/C22H15ClN2O3/c23-16-11-12-20(27-17-9-5-2-6-10-17)18(13-16)24-22(26)19-14-21(28-25-19)15-7-3-1-4-8-15/h1-14H,(H,24,26). The van der Waals surface area contributed by atoms with Crippen molar-refractivity contribution in [3.8, 4) is 22.8 Å². The van der Waals surface area contributed by atoms with Gasteiger partial charge < -0.3 is 14.6 Å². The lowest BCUT2D eigenvalue weighted by atomic mass is 10.1. The number of hydrogen-bond acceptors (Lipinski definition) is 4. The first kappa shape index (κ1) is 17.8. The van der Waals surface area contributed by atoms with Crippen molar-refractivity contribution in [1.29, 1.82) is 0 Å². The number of halogens is 1. The third-order valence-corrected chi connectivity index (χ3v) is 4.20. The topological polar surface area (TPSA) is 64.4 Å². The molecular weight excluding hydrogens is 376 g/mol. The van der Waals surface area contributed by atoms with Gasteiger partial charge >= 0.3 is 0 Å². The van der Waals surface area contributed by atoms with Crippen LogP contribution in [0, 0.1) is 0 Å². The van der Waals surface area contributed by atoms with Crippen molar-refractivity contribution in [2.45, 2.75) is 0 Å². The van der Waals surface area contributed by atoms with E-state index in [9.17, 15) is 4.79 Å². The van der Waals surface area contributed by atoms with Gasteiger partial charge in [-0.2, -0.15) is 0 Å². The van der Waals surface area contributed by atoms with Crippen LogP contribution in [0.5, 0.6) is 11.5 Å². The summed E-state index contributed by atoms with van der Waals surface area (Å²) in [6.07, 6.45) is 0. The first-order valence-corrected chi connectivity index (χ1v) is 8.93. The highest BCUT2D eigenvalue weighted by Gasteiger charge is 2.16. The molecule has 28 heavy (non-hydrogen) atoms. The van der Waals surface area contributed by atoms with Gasteiger partial charge in [-0.15, -0.1) is 0 Å². The number of hydrogen-bond donors (Lipinski definition) is 1.